The third-order valence-electron chi connectivity index (χ3n) is 7.98. The van der Waals surface area contributed by atoms with Crippen LogP contribution in [0.4, 0.5) is 5.69 Å². The van der Waals surface area contributed by atoms with Gasteiger partial charge in [0.2, 0.25) is 11.8 Å². The fraction of sp³-hybridized carbons (Fsp3) is 0.778. The van der Waals surface area contributed by atoms with Crippen LogP contribution in [0.15, 0.2) is 30.3 Å². The van der Waals surface area contributed by atoms with E-state index in [0.29, 0.717) is 25.9 Å². The average molecular weight is 587 g/mol. The van der Waals surface area contributed by atoms with Gasteiger partial charge in [-0.15, -0.1) is 0 Å². The Labute approximate surface area is 259 Å². The topological polar surface area (TPSA) is 73.5 Å². The van der Waals surface area contributed by atoms with Crippen molar-refractivity contribution in [2.24, 2.45) is 0 Å². The molecule has 0 heterocycles. The Morgan fingerprint density at radius 2 is 0.881 bits per heavy atom. The molecule has 0 saturated carbocycles. The van der Waals surface area contributed by atoms with Crippen molar-refractivity contribution in [3.05, 3.63) is 30.3 Å². The molecule has 6 heteroatoms. The minimum atomic E-state index is 0.0798. The summed E-state index contributed by atoms with van der Waals surface area (Å²) in [6, 6.07) is 9.96. The van der Waals surface area contributed by atoms with Gasteiger partial charge in [-0.05, 0) is 25.0 Å². The standard InChI is InChI=1S/C36H66N4O2/c1-3-5-7-9-11-13-15-17-19-24-30-37-35(41)28-32-40(39-34-26-22-21-23-27-34)33-29-36(42)38-31-25-20-18-16-14-12-10-8-6-4-2/h21-23,26-27,39H,3-20,24-25,28-33H2,1-2H3,(H,37,41)(H,38,42). The molecule has 0 fully saturated rings. The van der Waals surface area contributed by atoms with Crippen LogP contribution in [0.5, 0.6) is 0 Å². The third-order valence-corrected chi connectivity index (χ3v) is 7.98. The van der Waals surface area contributed by atoms with Crippen LogP contribution in [0.3, 0.4) is 0 Å². The summed E-state index contributed by atoms with van der Waals surface area (Å²) < 4.78 is 0. The number of nitrogens with one attached hydrogen (secondary N) is 3. The lowest BCUT2D eigenvalue weighted by Gasteiger charge is -2.24. The summed E-state index contributed by atoms with van der Waals surface area (Å²) in [5, 5.41) is 8.16. The molecule has 242 valence electrons. The highest BCUT2D eigenvalue weighted by Gasteiger charge is 2.11. The number of amides is 2. The van der Waals surface area contributed by atoms with Crippen molar-refractivity contribution in [2.75, 3.05) is 31.6 Å². The number of anilines is 1. The summed E-state index contributed by atoms with van der Waals surface area (Å²) >= 11 is 0. The number of carbonyl (C=O) groups excluding carboxylic acids is 2. The number of para-hydroxylation sites is 1. The molecule has 0 aliphatic carbocycles. The molecule has 1 aromatic carbocycles. The van der Waals surface area contributed by atoms with Crippen molar-refractivity contribution in [3.63, 3.8) is 0 Å². The zero-order valence-corrected chi connectivity index (χ0v) is 27.5. The van der Waals surface area contributed by atoms with Crippen LogP contribution >= 0.6 is 0 Å². The van der Waals surface area contributed by atoms with Gasteiger partial charge in [0.05, 0.1) is 0 Å². The second kappa shape index (κ2) is 29.0. The molecule has 1 rings (SSSR count). The van der Waals surface area contributed by atoms with Crippen LogP contribution in [0, 0.1) is 0 Å². The molecule has 0 atom stereocenters. The van der Waals surface area contributed by atoms with E-state index in [2.05, 4.69) is 29.9 Å². The Morgan fingerprint density at radius 3 is 1.26 bits per heavy atom. The van der Waals surface area contributed by atoms with Gasteiger partial charge < -0.3 is 16.1 Å². The number of hydrogen-bond acceptors (Lipinski definition) is 4. The molecule has 42 heavy (non-hydrogen) atoms. The second-order valence-corrected chi connectivity index (χ2v) is 12.0. The van der Waals surface area contributed by atoms with E-state index in [9.17, 15) is 9.59 Å². The summed E-state index contributed by atoms with van der Waals surface area (Å²) in [7, 11) is 0. The Hall–Kier alpha value is -2.08. The third kappa shape index (κ3) is 24.5. The zero-order chi connectivity index (χ0) is 30.4. The van der Waals surface area contributed by atoms with Gasteiger partial charge in [-0.2, -0.15) is 0 Å². The SMILES string of the molecule is CCCCCCCCCCCCNC(=O)CCN(CCC(=O)NCCCCCCCCCCCC)Nc1ccccc1. The van der Waals surface area contributed by atoms with Crippen molar-refractivity contribution in [1.82, 2.24) is 15.6 Å². The highest BCUT2D eigenvalue weighted by molar-refractivity contribution is 5.76. The average Bonchev–Trinajstić information content (AvgIpc) is 3.00. The lowest BCUT2D eigenvalue weighted by molar-refractivity contribution is -0.121. The Bertz CT molecular complexity index is 701. The molecule has 0 spiro atoms. The first kappa shape index (κ1) is 37.9. The van der Waals surface area contributed by atoms with Crippen molar-refractivity contribution in [1.29, 1.82) is 0 Å². The highest BCUT2D eigenvalue weighted by atomic mass is 16.2. The van der Waals surface area contributed by atoms with Crippen LogP contribution < -0.4 is 16.1 Å². The number of carbonyl (C=O) groups is 2. The first-order valence-corrected chi connectivity index (χ1v) is 17.8. The van der Waals surface area contributed by atoms with Crippen molar-refractivity contribution >= 4 is 17.5 Å². The predicted molar refractivity (Wildman–Crippen MR) is 181 cm³/mol. The van der Waals surface area contributed by atoms with E-state index in [4.69, 9.17) is 0 Å². The van der Waals surface area contributed by atoms with Crippen LogP contribution in [0.25, 0.3) is 0 Å². The van der Waals surface area contributed by atoms with Crippen LogP contribution in [0.2, 0.25) is 0 Å². The Kier molecular flexibility index (Phi) is 26.2. The first-order chi connectivity index (χ1) is 20.7. The van der Waals surface area contributed by atoms with Crippen molar-refractivity contribution < 1.29 is 9.59 Å². The molecule has 3 N–H and O–H groups in total. The lowest BCUT2D eigenvalue weighted by atomic mass is 10.1. The van der Waals surface area contributed by atoms with Gasteiger partial charge in [0.1, 0.15) is 0 Å². The smallest absolute Gasteiger partial charge is 0.221 e. The quantitative estimate of drug-likeness (QED) is 0.0621. The maximum Gasteiger partial charge on any atom is 0.221 e. The predicted octanol–water partition coefficient (Wildman–Crippen LogP) is 9.17. The molecule has 0 aliphatic heterocycles. The maximum atomic E-state index is 12.5. The van der Waals surface area contributed by atoms with Gasteiger partial charge in [-0.3, -0.25) is 9.59 Å². The van der Waals surface area contributed by atoms with Gasteiger partial charge >= 0.3 is 0 Å². The first-order valence-electron chi connectivity index (χ1n) is 17.8. The van der Waals surface area contributed by atoms with Crippen LogP contribution in [-0.2, 0) is 9.59 Å². The molecule has 0 aliphatic rings. The van der Waals surface area contributed by atoms with Crippen molar-refractivity contribution in [3.8, 4) is 0 Å². The normalized spacial score (nSPS) is 11.1. The summed E-state index contributed by atoms with van der Waals surface area (Å²) in [5.41, 5.74) is 4.35. The van der Waals surface area contributed by atoms with E-state index in [0.717, 1.165) is 31.6 Å². The number of benzene rings is 1. The molecule has 0 unspecified atom stereocenters. The van der Waals surface area contributed by atoms with Gasteiger partial charge in [0.25, 0.3) is 0 Å². The maximum absolute atomic E-state index is 12.5. The largest absolute Gasteiger partial charge is 0.356 e. The van der Waals surface area contributed by atoms with Crippen LogP contribution in [0.1, 0.15) is 155 Å². The Morgan fingerprint density at radius 1 is 0.524 bits per heavy atom. The van der Waals surface area contributed by atoms with Crippen LogP contribution in [-0.4, -0.2) is 43.0 Å². The number of hydrazine groups is 1. The minimum absolute atomic E-state index is 0.0798. The molecule has 0 bridgehead atoms. The van der Waals surface area contributed by atoms with Gasteiger partial charge in [-0.25, -0.2) is 5.01 Å². The number of hydrogen-bond donors (Lipinski definition) is 3. The van der Waals surface area contributed by atoms with E-state index in [1.165, 1.54) is 116 Å². The summed E-state index contributed by atoms with van der Waals surface area (Å²) in [4.78, 5) is 25.0. The van der Waals surface area contributed by atoms with E-state index in [1.54, 1.807) is 0 Å². The van der Waals surface area contributed by atoms with Gasteiger partial charge in [-0.1, -0.05) is 148 Å². The molecular formula is C36H66N4O2. The van der Waals surface area contributed by atoms with E-state index in [-0.39, 0.29) is 11.8 Å². The molecule has 6 nitrogen and oxygen atoms in total. The summed E-state index contributed by atoms with van der Waals surface area (Å²) in [5.74, 6) is 0.160. The second-order valence-electron chi connectivity index (χ2n) is 12.0. The van der Waals surface area contributed by atoms with Crippen molar-refractivity contribution in [2.45, 2.75) is 155 Å². The molecule has 2 amide bonds. The van der Waals surface area contributed by atoms with Gasteiger partial charge in [0, 0.05) is 44.7 Å². The van der Waals surface area contributed by atoms with E-state index < -0.39 is 0 Å². The van der Waals surface area contributed by atoms with E-state index >= 15 is 0 Å². The number of rotatable bonds is 30. The summed E-state index contributed by atoms with van der Waals surface area (Å²) in [6.07, 6.45) is 26.8. The number of nitrogens with zero attached hydrogens (tertiary/aromatic N) is 1. The minimum Gasteiger partial charge on any atom is -0.356 e. The molecule has 0 radical (unpaired) electrons. The van der Waals surface area contributed by atoms with E-state index in [1.807, 2.05) is 35.3 Å². The summed E-state index contributed by atoms with van der Waals surface area (Å²) in [6.45, 7) is 7.15. The fourth-order valence-corrected chi connectivity index (χ4v) is 5.25. The highest BCUT2D eigenvalue weighted by Crippen LogP contribution is 2.12. The van der Waals surface area contributed by atoms with Gasteiger partial charge in [0.15, 0.2) is 0 Å². The monoisotopic (exact) mass is 587 g/mol. The zero-order valence-electron chi connectivity index (χ0n) is 27.5. The molecule has 0 saturated heterocycles. The fourth-order valence-electron chi connectivity index (χ4n) is 5.25. The molecule has 0 aromatic heterocycles. The molecular weight excluding hydrogens is 520 g/mol. The molecule has 1 aromatic rings. The lowest BCUT2D eigenvalue weighted by Crippen LogP contribution is -2.37. The Balaban J connectivity index is 2.17. The number of unbranched alkanes of at least 4 members (excludes halogenated alkanes) is 18.